The van der Waals surface area contributed by atoms with Crippen LogP contribution in [0.3, 0.4) is 0 Å². The molecular weight excluding hydrogens is 315 g/mol. The Morgan fingerprint density at radius 2 is 2.29 bits per heavy atom. The summed E-state index contributed by atoms with van der Waals surface area (Å²) >= 11 is 0. The standard InChI is InChI=1S/C16H15FN4O3/c1-23-12-6-4-10(9-11(12)17)5-7-14(22)18-16-19-15(20-21-16)13-3-2-8-24-13/h2-4,6,8-9H,5,7H2,1H3,(H2,18,19,20,21,22). The van der Waals surface area contributed by atoms with Crippen LogP contribution in [0.1, 0.15) is 12.0 Å². The van der Waals surface area contributed by atoms with E-state index >= 15 is 0 Å². The molecule has 1 aromatic carbocycles. The molecule has 2 N–H and O–H groups in total. The number of aromatic nitrogens is 3. The topological polar surface area (TPSA) is 93.0 Å². The number of carbonyl (C=O) groups is 1. The normalized spacial score (nSPS) is 10.6. The molecule has 3 rings (SSSR count). The van der Waals surface area contributed by atoms with Crippen LogP contribution in [0.2, 0.25) is 0 Å². The molecule has 7 nitrogen and oxygen atoms in total. The molecule has 0 spiro atoms. The summed E-state index contributed by atoms with van der Waals surface area (Å²) in [6, 6.07) is 8.06. The Bertz CT molecular complexity index is 830. The summed E-state index contributed by atoms with van der Waals surface area (Å²) < 4.78 is 23.6. The lowest BCUT2D eigenvalue weighted by Crippen LogP contribution is -2.13. The van der Waals surface area contributed by atoms with Gasteiger partial charge in [0.25, 0.3) is 0 Å². The van der Waals surface area contributed by atoms with E-state index in [4.69, 9.17) is 9.15 Å². The molecule has 8 heteroatoms. The van der Waals surface area contributed by atoms with Crippen molar-refractivity contribution >= 4 is 11.9 Å². The number of hydrogen-bond acceptors (Lipinski definition) is 5. The van der Waals surface area contributed by atoms with Crippen LogP contribution in [0.4, 0.5) is 10.3 Å². The van der Waals surface area contributed by atoms with E-state index in [-0.39, 0.29) is 24.0 Å². The lowest BCUT2D eigenvalue weighted by Gasteiger charge is -2.05. The van der Waals surface area contributed by atoms with Crippen molar-refractivity contribution in [3.05, 3.63) is 48.0 Å². The molecule has 0 aliphatic rings. The molecule has 3 aromatic rings. The molecule has 1 amide bonds. The van der Waals surface area contributed by atoms with E-state index in [0.717, 1.165) is 0 Å². The summed E-state index contributed by atoms with van der Waals surface area (Å²) in [5.74, 6) is 0.564. The van der Waals surface area contributed by atoms with Crippen molar-refractivity contribution in [1.29, 1.82) is 0 Å². The smallest absolute Gasteiger partial charge is 0.249 e. The van der Waals surface area contributed by atoms with E-state index in [1.54, 1.807) is 18.2 Å². The maximum atomic E-state index is 13.6. The summed E-state index contributed by atoms with van der Waals surface area (Å²) in [5, 5.41) is 9.15. The summed E-state index contributed by atoms with van der Waals surface area (Å²) in [6.07, 6.45) is 2.09. The second kappa shape index (κ2) is 6.95. The molecule has 0 atom stereocenters. The molecule has 124 valence electrons. The van der Waals surface area contributed by atoms with Crippen LogP contribution >= 0.6 is 0 Å². The number of H-pyrrole nitrogens is 1. The number of hydrogen-bond donors (Lipinski definition) is 2. The van der Waals surface area contributed by atoms with Gasteiger partial charge in [-0.15, -0.1) is 5.10 Å². The second-order valence-electron chi connectivity index (χ2n) is 5.00. The number of rotatable bonds is 6. The highest BCUT2D eigenvalue weighted by molar-refractivity contribution is 5.89. The molecule has 0 bridgehead atoms. The van der Waals surface area contributed by atoms with Crippen molar-refractivity contribution in [2.45, 2.75) is 12.8 Å². The Morgan fingerprint density at radius 1 is 1.42 bits per heavy atom. The number of methoxy groups -OCH3 is 1. The number of halogens is 1. The van der Waals surface area contributed by atoms with Crippen molar-refractivity contribution in [3.63, 3.8) is 0 Å². The number of amides is 1. The predicted molar refractivity (Wildman–Crippen MR) is 84.0 cm³/mol. The number of benzene rings is 1. The van der Waals surface area contributed by atoms with E-state index < -0.39 is 5.82 Å². The molecule has 0 saturated heterocycles. The van der Waals surface area contributed by atoms with Gasteiger partial charge in [-0.1, -0.05) is 6.07 Å². The van der Waals surface area contributed by atoms with Gasteiger partial charge in [-0.25, -0.2) is 4.39 Å². The Kier molecular flexibility index (Phi) is 4.55. The van der Waals surface area contributed by atoms with Crippen LogP contribution < -0.4 is 10.1 Å². The van der Waals surface area contributed by atoms with Crippen LogP contribution in [0.5, 0.6) is 5.75 Å². The van der Waals surface area contributed by atoms with Gasteiger partial charge in [0.05, 0.1) is 13.4 Å². The van der Waals surface area contributed by atoms with Crippen molar-refractivity contribution in [3.8, 4) is 17.3 Å². The molecular formula is C16H15FN4O3. The fourth-order valence-electron chi connectivity index (χ4n) is 2.15. The molecule has 0 saturated carbocycles. The molecule has 24 heavy (non-hydrogen) atoms. The number of anilines is 1. The zero-order valence-corrected chi connectivity index (χ0v) is 12.9. The monoisotopic (exact) mass is 330 g/mol. The first kappa shape index (κ1) is 15.7. The second-order valence-corrected chi connectivity index (χ2v) is 5.00. The van der Waals surface area contributed by atoms with E-state index in [9.17, 15) is 9.18 Å². The summed E-state index contributed by atoms with van der Waals surface area (Å²) in [6.45, 7) is 0. The number of ether oxygens (including phenoxy) is 1. The van der Waals surface area contributed by atoms with Crippen LogP contribution in [-0.4, -0.2) is 28.2 Å². The fourth-order valence-corrected chi connectivity index (χ4v) is 2.15. The summed E-state index contributed by atoms with van der Waals surface area (Å²) in [5.41, 5.74) is 0.703. The minimum Gasteiger partial charge on any atom is -0.494 e. The third-order valence-electron chi connectivity index (χ3n) is 3.35. The molecule has 0 unspecified atom stereocenters. The van der Waals surface area contributed by atoms with Gasteiger partial charge in [0.2, 0.25) is 11.9 Å². The van der Waals surface area contributed by atoms with Crippen molar-refractivity contribution in [2.75, 3.05) is 12.4 Å². The predicted octanol–water partition coefficient (Wildman–Crippen LogP) is 2.78. The van der Waals surface area contributed by atoms with Gasteiger partial charge in [-0.05, 0) is 36.2 Å². The van der Waals surface area contributed by atoms with Crippen LogP contribution in [0, 0.1) is 5.82 Å². The maximum absolute atomic E-state index is 13.6. The number of aromatic amines is 1. The lowest BCUT2D eigenvalue weighted by molar-refractivity contribution is -0.116. The Balaban J connectivity index is 1.55. The first-order valence-electron chi connectivity index (χ1n) is 7.24. The van der Waals surface area contributed by atoms with Crippen LogP contribution in [0.25, 0.3) is 11.6 Å². The van der Waals surface area contributed by atoms with E-state index in [0.29, 0.717) is 23.6 Å². The quantitative estimate of drug-likeness (QED) is 0.725. The van der Waals surface area contributed by atoms with Gasteiger partial charge in [0.15, 0.2) is 23.2 Å². The van der Waals surface area contributed by atoms with Crippen molar-refractivity contribution in [1.82, 2.24) is 15.2 Å². The third-order valence-corrected chi connectivity index (χ3v) is 3.35. The Hall–Kier alpha value is -3.16. The third kappa shape index (κ3) is 3.60. The number of nitrogens with one attached hydrogen (secondary N) is 2. The largest absolute Gasteiger partial charge is 0.494 e. The number of carbonyl (C=O) groups excluding carboxylic acids is 1. The van der Waals surface area contributed by atoms with Crippen molar-refractivity contribution < 1.29 is 18.3 Å². The van der Waals surface area contributed by atoms with Crippen molar-refractivity contribution in [2.24, 2.45) is 0 Å². The van der Waals surface area contributed by atoms with E-state index in [2.05, 4.69) is 20.5 Å². The highest BCUT2D eigenvalue weighted by Gasteiger charge is 2.11. The minimum atomic E-state index is -0.451. The van der Waals surface area contributed by atoms with Gasteiger partial charge in [0, 0.05) is 6.42 Å². The summed E-state index contributed by atoms with van der Waals surface area (Å²) in [4.78, 5) is 16.1. The fraction of sp³-hybridized carbons (Fsp3) is 0.188. The molecule has 0 aliphatic carbocycles. The minimum absolute atomic E-state index is 0.160. The van der Waals surface area contributed by atoms with Gasteiger partial charge in [-0.2, -0.15) is 4.98 Å². The first-order valence-corrected chi connectivity index (χ1v) is 7.24. The molecule has 2 aromatic heterocycles. The number of aryl methyl sites for hydroxylation is 1. The first-order chi connectivity index (χ1) is 11.7. The molecule has 2 heterocycles. The molecule has 0 aliphatic heterocycles. The number of nitrogens with zero attached hydrogens (tertiary/aromatic N) is 2. The van der Waals surface area contributed by atoms with E-state index in [1.807, 2.05) is 0 Å². The van der Waals surface area contributed by atoms with Gasteiger partial charge < -0.3 is 9.15 Å². The van der Waals surface area contributed by atoms with Gasteiger partial charge in [0.1, 0.15) is 0 Å². The maximum Gasteiger partial charge on any atom is 0.249 e. The van der Waals surface area contributed by atoms with Gasteiger partial charge in [-0.3, -0.25) is 15.2 Å². The van der Waals surface area contributed by atoms with E-state index in [1.165, 1.54) is 25.5 Å². The highest BCUT2D eigenvalue weighted by atomic mass is 19.1. The zero-order chi connectivity index (χ0) is 16.9. The van der Waals surface area contributed by atoms with Gasteiger partial charge >= 0.3 is 0 Å². The summed E-state index contributed by atoms with van der Waals surface area (Å²) in [7, 11) is 1.40. The molecule has 0 radical (unpaired) electrons. The Morgan fingerprint density at radius 3 is 3.00 bits per heavy atom. The average Bonchev–Trinajstić information content (AvgIpc) is 3.24. The van der Waals surface area contributed by atoms with Crippen LogP contribution in [-0.2, 0) is 11.2 Å². The average molecular weight is 330 g/mol. The highest BCUT2D eigenvalue weighted by Crippen LogP contribution is 2.19. The van der Waals surface area contributed by atoms with Crippen LogP contribution in [0.15, 0.2) is 41.0 Å². The SMILES string of the molecule is COc1ccc(CCC(=O)Nc2n[nH]c(-c3ccco3)n2)cc1F. The lowest BCUT2D eigenvalue weighted by atomic mass is 10.1. The zero-order valence-electron chi connectivity index (χ0n) is 12.9. The number of furan rings is 1. The Labute approximate surface area is 136 Å². The molecule has 0 fully saturated rings.